The van der Waals surface area contributed by atoms with Gasteiger partial charge in [0.15, 0.2) is 11.5 Å². The number of nitrogens with zero attached hydrogens (tertiary/aromatic N) is 1. The van der Waals surface area contributed by atoms with E-state index in [0.717, 1.165) is 18.4 Å². The molecule has 4 atom stereocenters. The highest BCUT2D eigenvalue weighted by Gasteiger charge is 2.56. The molecule has 8 heteroatoms. The van der Waals surface area contributed by atoms with Crippen molar-refractivity contribution in [3.8, 4) is 11.5 Å². The second kappa shape index (κ2) is 11.5. The van der Waals surface area contributed by atoms with Crippen molar-refractivity contribution in [2.75, 3.05) is 39.5 Å². The van der Waals surface area contributed by atoms with E-state index in [0.29, 0.717) is 50.8 Å². The maximum absolute atomic E-state index is 13.0. The van der Waals surface area contributed by atoms with Crippen molar-refractivity contribution in [2.24, 2.45) is 11.3 Å². The fourth-order valence-electron chi connectivity index (χ4n) is 5.80. The minimum atomic E-state index is -0.631. The van der Waals surface area contributed by atoms with E-state index in [2.05, 4.69) is 32.9 Å². The van der Waals surface area contributed by atoms with Crippen LogP contribution in [0.5, 0.6) is 11.5 Å². The molecule has 4 rings (SSSR count). The van der Waals surface area contributed by atoms with E-state index in [1.54, 1.807) is 4.90 Å². The third-order valence-corrected chi connectivity index (χ3v) is 8.06. The van der Waals surface area contributed by atoms with E-state index in [1.165, 1.54) is 5.57 Å². The summed E-state index contributed by atoms with van der Waals surface area (Å²) in [5, 5.41) is 9.74. The van der Waals surface area contributed by atoms with Gasteiger partial charge in [0.2, 0.25) is 0 Å². The van der Waals surface area contributed by atoms with Gasteiger partial charge in [-0.05, 0) is 66.9 Å². The number of hydrogen-bond donors (Lipinski definition) is 1. The van der Waals surface area contributed by atoms with Crippen LogP contribution < -0.4 is 9.47 Å². The third-order valence-electron chi connectivity index (χ3n) is 8.06. The first-order chi connectivity index (χ1) is 18.7. The molecule has 3 aliphatic heterocycles. The van der Waals surface area contributed by atoms with Crippen LogP contribution in [0.4, 0.5) is 4.79 Å². The van der Waals surface area contributed by atoms with Gasteiger partial charge in [-0.15, -0.1) is 0 Å². The second-order valence-electron chi connectivity index (χ2n) is 14.0. The van der Waals surface area contributed by atoms with Crippen LogP contribution in [0.2, 0.25) is 0 Å². The van der Waals surface area contributed by atoms with Crippen LogP contribution in [0.3, 0.4) is 0 Å². The van der Waals surface area contributed by atoms with E-state index in [4.69, 9.17) is 23.7 Å². The summed E-state index contributed by atoms with van der Waals surface area (Å²) >= 11 is 0. The highest BCUT2D eigenvalue weighted by molar-refractivity contribution is 5.68. The number of aliphatic hydroxyl groups excluding tert-OH is 1. The molecule has 3 heterocycles. The molecule has 2 saturated heterocycles. The van der Waals surface area contributed by atoms with Crippen LogP contribution in [0, 0.1) is 11.3 Å². The fraction of sp³-hybridized carbons (Fsp3) is 0.719. The average Bonchev–Trinajstić information content (AvgIpc) is 2.87. The zero-order valence-electron chi connectivity index (χ0n) is 25.7. The number of hydrogen-bond acceptors (Lipinski definition) is 7. The van der Waals surface area contributed by atoms with Crippen molar-refractivity contribution in [1.29, 1.82) is 0 Å². The number of aliphatic hydroxyl groups is 1. The Morgan fingerprint density at radius 2 is 1.98 bits per heavy atom. The summed E-state index contributed by atoms with van der Waals surface area (Å²) in [5.74, 6) is 1.38. The highest BCUT2D eigenvalue weighted by Crippen LogP contribution is 2.56. The van der Waals surface area contributed by atoms with Crippen LogP contribution in [0.25, 0.3) is 0 Å². The summed E-state index contributed by atoms with van der Waals surface area (Å²) in [6.07, 6.45) is 4.10. The topological polar surface area (TPSA) is 86.7 Å². The monoisotopic (exact) mass is 559 g/mol. The van der Waals surface area contributed by atoms with Gasteiger partial charge in [0.05, 0.1) is 39.1 Å². The first-order valence-corrected chi connectivity index (χ1v) is 14.6. The molecule has 0 aliphatic carbocycles. The number of para-hydroxylation sites is 1. The molecule has 0 bridgehead atoms. The Morgan fingerprint density at radius 1 is 1.23 bits per heavy atom. The lowest BCUT2D eigenvalue weighted by molar-refractivity contribution is -0.231. The summed E-state index contributed by atoms with van der Waals surface area (Å²) < 4.78 is 31.9. The molecular formula is C32H49NO7. The molecular weight excluding hydrogens is 510 g/mol. The maximum Gasteiger partial charge on any atom is 0.410 e. The molecule has 0 radical (unpaired) electrons. The van der Waals surface area contributed by atoms with Crippen molar-refractivity contribution in [3.05, 3.63) is 35.4 Å². The van der Waals surface area contributed by atoms with Gasteiger partial charge in [0.1, 0.15) is 16.8 Å². The molecule has 8 nitrogen and oxygen atoms in total. The molecule has 2 fully saturated rings. The molecule has 224 valence electrons. The molecule has 0 saturated carbocycles. The molecule has 1 aromatic carbocycles. The number of rotatable bonds is 7. The molecule has 0 unspecified atom stereocenters. The lowest BCUT2D eigenvalue weighted by atomic mass is 9.69. The van der Waals surface area contributed by atoms with Gasteiger partial charge >= 0.3 is 6.09 Å². The lowest BCUT2D eigenvalue weighted by Crippen LogP contribution is -2.63. The number of fused-ring (bicyclic) bond motifs is 3. The van der Waals surface area contributed by atoms with Gasteiger partial charge in [-0.1, -0.05) is 37.6 Å². The highest BCUT2D eigenvalue weighted by atomic mass is 16.6. The molecule has 3 aliphatic rings. The van der Waals surface area contributed by atoms with Crippen LogP contribution >= 0.6 is 0 Å². The summed E-state index contributed by atoms with van der Waals surface area (Å²) in [7, 11) is 0. The second-order valence-corrected chi connectivity index (χ2v) is 14.0. The van der Waals surface area contributed by atoms with E-state index in [1.807, 2.05) is 46.8 Å². The quantitative estimate of drug-likeness (QED) is 0.406. The number of allylic oxidation sites excluding steroid dienone is 2. The Bertz CT molecular complexity index is 1090. The molecule has 0 aromatic heterocycles. The van der Waals surface area contributed by atoms with Crippen LogP contribution in [-0.4, -0.2) is 72.4 Å². The Balaban J connectivity index is 1.64. The minimum Gasteiger partial charge on any atom is -0.489 e. The molecule has 40 heavy (non-hydrogen) atoms. The molecule has 1 amide bonds. The minimum absolute atomic E-state index is 0.00188. The van der Waals surface area contributed by atoms with Crippen molar-refractivity contribution in [3.63, 3.8) is 0 Å². The van der Waals surface area contributed by atoms with Gasteiger partial charge in [-0.2, -0.15) is 0 Å². The Hall–Kier alpha value is -2.29. The summed E-state index contributed by atoms with van der Waals surface area (Å²) in [5.41, 5.74) is 0.117. The number of amides is 1. The first-order valence-electron chi connectivity index (χ1n) is 14.6. The van der Waals surface area contributed by atoms with Crippen LogP contribution in [0.15, 0.2) is 29.8 Å². The van der Waals surface area contributed by atoms with Gasteiger partial charge in [-0.3, -0.25) is 0 Å². The smallest absolute Gasteiger partial charge is 0.410 e. The predicted octanol–water partition coefficient (Wildman–Crippen LogP) is 6.07. The van der Waals surface area contributed by atoms with E-state index >= 15 is 0 Å². The zero-order valence-corrected chi connectivity index (χ0v) is 25.7. The van der Waals surface area contributed by atoms with Gasteiger partial charge in [0, 0.05) is 23.4 Å². The van der Waals surface area contributed by atoms with Crippen molar-refractivity contribution in [2.45, 2.75) is 97.6 Å². The van der Waals surface area contributed by atoms with Gasteiger partial charge in [-0.25, -0.2) is 4.79 Å². The summed E-state index contributed by atoms with van der Waals surface area (Å²) in [6.45, 7) is 18.1. The zero-order chi connectivity index (χ0) is 29.3. The van der Waals surface area contributed by atoms with Crippen molar-refractivity contribution >= 4 is 6.09 Å². The summed E-state index contributed by atoms with van der Waals surface area (Å²) in [4.78, 5) is 14.7. The van der Waals surface area contributed by atoms with E-state index in [-0.39, 0.29) is 30.1 Å². The van der Waals surface area contributed by atoms with Gasteiger partial charge in [0.25, 0.3) is 0 Å². The number of carbonyl (C=O) groups is 1. The Kier molecular flexibility index (Phi) is 8.84. The Morgan fingerprint density at radius 3 is 2.65 bits per heavy atom. The number of morpholine rings is 1. The predicted molar refractivity (Wildman–Crippen MR) is 154 cm³/mol. The van der Waals surface area contributed by atoms with E-state index in [9.17, 15) is 9.90 Å². The normalized spacial score (nSPS) is 28.3. The van der Waals surface area contributed by atoms with Crippen molar-refractivity contribution in [1.82, 2.24) is 4.90 Å². The van der Waals surface area contributed by atoms with E-state index < -0.39 is 16.8 Å². The fourth-order valence-corrected chi connectivity index (χ4v) is 5.80. The largest absolute Gasteiger partial charge is 0.489 e. The molecule has 1 aromatic rings. The number of carbonyl (C=O) groups excluding carboxylic acids is 1. The SMILES string of the molecule is CC(C)=CCC[C@@]1(C)Oc2c(OCC(C)(C)CO)cccc2[C@H]2OC[C@@]3(C[C@@H]21)CN(C(=O)OC(C)(C)C)CCO3. The molecule has 1 spiro atoms. The number of benzene rings is 1. The standard InChI is InChI=1S/C32H49NO7/c1-22(2)11-10-14-31(8)24-17-32(18-33(15-16-38-32)28(35)40-29(3,4)5)21-37-26(24)23-12-9-13-25(27(23)39-31)36-20-30(6,7)19-34/h9,11-13,24,26,34H,10,14-21H2,1-8H3/t24-,26+,31+,32+/m0/s1. The lowest BCUT2D eigenvalue weighted by Gasteiger charge is -2.55. The van der Waals surface area contributed by atoms with Crippen LogP contribution in [-0.2, 0) is 14.2 Å². The Labute approximate surface area is 239 Å². The molecule has 1 N–H and O–H groups in total. The first kappa shape index (κ1) is 30.7. The maximum atomic E-state index is 13.0. The average molecular weight is 560 g/mol. The van der Waals surface area contributed by atoms with Crippen LogP contribution in [0.1, 0.15) is 86.3 Å². The van der Waals surface area contributed by atoms with Crippen molar-refractivity contribution < 1.29 is 33.6 Å². The summed E-state index contributed by atoms with van der Waals surface area (Å²) in [6, 6.07) is 5.96. The third kappa shape index (κ3) is 6.94. The number of ether oxygens (including phenoxy) is 5. The van der Waals surface area contributed by atoms with Gasteiger partial charge < -0.3 is 33.7 Å².